The van der Waals surface area contributed by atoms with Crippen molar-refractivity contribution in [3.63, 3.8) is 0 Å². The zero-order valence-corrected chi connectivity index (χ0v) is 11.9. The van der Waals surface area contributed by atoms with E-state index in [1.807, 2.05) is 43.9 Å². The first-order valence-electron chi connectivity index (χ1n) is 5.72. The Bertz CT molecular complexity index is 342. The monoisotopic (exact) mass is 273 g/mol. The van der Waals surface area contributed by atoms with Gasteiger partial charge in [-0.1, -0.05) is 29.8 Å². The molecule has 2 nitrogen and oxygen atoms in total. The highest BCUT2D eigenvalue weighted by atomic mass is 35.5. The molecule has 1 rings (SSSR count). The molecule has 0 aliphatic carbocycles. The van der Waals surface area contributed by atoms with E-state index in [1.54, 1.807) is 0 Å². The first-order chi connectivity index (χ1) is 8.11. The molecular formula is C13H20ClNOS. The minimum atomic E-state index is -0.173. The van der Waals surface area contributed by atoms with E-state index in [0.717, 1.165) is 22.9 Å². The Balaban J connectivity index is 2.32. The average molecular weight is 274 g/mol. The van der Waals surface area contributed by atoms with E-state index < -0.39 is 0 Å². The summed E-state index contributed by atoms with van der Waals surface area (Å²) in [5.74, 6) is 1.92. The Hall–Kier alpha value is -0.220. The summed E-state index contributed by atoms with van der Waals surface area (Å²) in [6, 6.07) is 7.93. The Morgan fingerprint density at radius 2 is 2.12 bits per heavy atom. The molecule has 0 saturated heterocycles. The van der Waals surface area contributed by atoms with E-state index in [-0.39, 0.29) is 12.1 Å². The van der Waals surface area contributed by atoms with Crippen molar-refractivity contribution in [2.75, 3.05) is 19.4 Å². The highest BCUT2D eigenvalue weighted by Gasteiger charge is 2.19. The molecule has 4 heteroatoms. The lowest BCUT2D eigenvalue weighted by molar-refractivity contribution is 0.179. The van der Waals surface area contributed by atoms with Crippen molar-refractivity contribution in [2.24, 2.45) is 0 Å². The average Bonchev–Trinajstić information content (AvgIpc) is 2.36. The van der Waals surface area contributed by atoms with Crippen LogP contribution in [-0.4, -0.2) is 30.1 Å². The second-order valence-corrected chi connectivity index (χ2v) is 5.88. The standard InChI is InChI=1S/C13H20ClNOS/c1-13(10-16,15-2)7-8-17-9-11-5-3-4-6-12(11)14/h3-6,15-16H,7-10H2,1-2H3. The molecule has 0 fully saturated rings. The van der Waals surface area contributed by atoms with Gasteiger partial charge in [-0.15, -0.1) is 0 Å². The van der Waals surface area contributed by atoms with Gasteiger partial charge < -0.3 is 10.4 Å². The summed E-state index contributed by atoms with van der Waals surface area (Å²) in [4.78, 5) is 0. The number of benzene rings is 1. The van der Waals surface area contributed by atoms with E-state index in [2.05, 4.69) is 11.4 Å². The molecule has 0 spiro atoms. The van der Waals surface area contributed by atoms with Crippen LogP contribution in [0.4, 0.5) is 0 Å². The summed E-state index contributed by atoms with van der Waals surface area (Å²) in [6.07, 6.45) is 0.940. The van der Waals surface area contributed by atoms with Crippen molar-refractivity contribution in [3.05, 3.63) is 34.9 Å². The van der Waals surface area contributed by atoms with Gasteiger partial charge in [-0.3, -0.25) is 0 Å². The molecule has 96 valence electrons. The van der Waals surface area contributed by atoms with E-state index >= 15 is 0 Å². The van der Waals surface area contributed by atoms with Crippen LogP contribution in [0.25, 0.3) is 0 Å². The van der Waals surface area contributed by atoms with Gasteiger partial charge in [-0.05, 0) is 37.8 Å². The van der Waals surface area contributed by atoms with Crippen molar-refractivity contribution >= 4 is 23.4 Å². The molecule has 0 radical (unpaired) electrons. The van der Waals surface area contributed by atoms with Crippen LogP contribution in [0.1, 0.15) is 18.9 Å². The van der Waals surface area contributed by atoms with E-state index in [0.29, 0.717) is 0 Å². The molecule has 2 N–H and O–H groups in total. The fraction of sp³-hybridized carbons (Fsp3) is 0.538. The lowest BCUT2D eigenvalue weighted by Crippen LogP contribution is -2.43. The van der Waals surface area contributed by atoms with Crippen molar-refractivity contribution < 1.29 is 5.11 Å². The Labute approximate surface area is 113 Å². The fourth-order valence-electron chi connectivity index (χ4n) is 1.38. The number of likely N-dealkylation sites (N-methyl/N-ethyl adjacent to an activating group) is 1. The fourth-order valence-corrected chi connectivity index (χ4v) is 2.87. The molecule has 0 aliphatic rings. The smallest absolute Gasteiger partial charge is 0.0610 e. The van der Waals surface area contributed by atoms with Crippen LogP contribution < -0.4 is 5.32 Å². The first-order valence-corrected chi connectivity index (χ1v) is 7.25. The number of thioether (sulfide) groups is 1. The van der Waals surface area contributed by atoms with Crippen molar-refractivity contribution in [3.8, 4) is 0 Å². The highest BCUT2D eigenvalue weighted by molar-refractivity contribution is 7.98. The number of aliphatic hydroxyl groups is 1. The summed E-state index contributed by atoms with van der Waals surface area (Å²) in [7, 11) is 1.88. The summed E-state index contributed by atoms with van der Waals surface area (Å²) < 4.78 is 0. The third-order valence-electron chi connectivity index (χ3n) is 2.97. The van der Waals surface area contributed by atoms with Gasteiger partial charge >= 0.3 is 0 Å². The van der Waals surface area contributed by atoms with Gasteiger partial charge in [0, 0.05) is 16.3 Å². The van der Waals surface area contributed by atoms with Crippen LogP contribution in [-0.2, 0) is 5.75 Å². The Morgan fingerprint density at radius 1 is 1.41 bits per heavy atom. The zero-order valence-electron chi connectivity index (χ0n) is 10.4. The van der Waals surface area contributed by atoms with Crippen LogP contribution in [0.2, 0.25) is 5.02 Å². The minimum absolute atomic E-state index is 0.163. The Morgan fingerprint density at radius 3 is 2.71 bits per heavy atom. The number of nitrogens with one attached hydrogen (secondary N) is 1. The van der Waals surface area contributed by atoms with E-state index in [9.17, 15) is 5.11 Å². The molecule has 1 atom stereocenters. The summed E-state index contributed by atoms with van der Waals surface area (Å²) in [6.45, 7) is 2.19. The number of hydrogen-bond donors (Lipinski definition) is 2. The molecule has 0 bridgehead atoms. The molecule has 0 heterocycles. The molecule has 0 amide bonds. The lowest BCUT2D eigenvalue weighted by atomic mass is 10.0. The van der Waals surface area contributed by atoms with Crippen LogP contribution in [0.5, 0.6) is 0 Å². The molecular weight excluding hydrogens is 254 g/mol. The van der Waals surface area contributed by atoms with Gasteiger partial charge in [-0.2, -0.15) is 11.8 Å². The van der Waals surface area contributed by atoms with Crippen molar-refractivity contribution in [1.29, 1.82) is 0 Å². The van der Waals surface area contributed by atoms with Crippen molar-refractivity contribution in [1.82, 2.24) is 5.32 Å². The van der Waals surface area contributed by atoms with Crippen LogP contribution in [0.15, 0.2) is 24.3 Å². The highest BCUT2D eigenvalue weighted by Crippen LogP contribution is 2.22. The quantitative estimate of drug-likeness (QED) is 0.750. The predicted octanol–water partition coefficient (Wildman–Crippen LogP) is 2.93. The third kappa shape index (κ3) is 4.88. The molecule has 0 aliphatic heterocycles. The third-order valence-corrected chi connectivity index (χ3v) is 4.34. The largest absolute Gasteiger partial charge is 0.394 e. The lowest BCUT2D eigenvalue weighted by Gasteiger charge is -2.26. The topological polar surface area (TPSA) is 32.3 Å². The number of rotatable bonds is 7. The van der Waals surface area contributed by atoms with Crippen LogP contribution in [0, 0.1) is 0 Å². The van der Waals surface area contributed by atoms with E-state index in [1.165, 1.54) is 5.56 Å². The van der Waals surface area contributed by atoms with Gasteiger partial charge in [0.05, 0.1) is 6.61 Å². The normalized spacial score (nSPS) is 14.6. The molecule has 0 aromatic heterocycles. The predicted molar refractivity (Wildman–Crippen MR) is 76.8 cm³/mol. The first kappa shape index (κ1) is 14.8. The van der Waals surface area contributed by atoms with Crippen molar-refractivity contribution in [2.45, 2.75) is 24.6 Å². The summed E-state index contributed by atoms with van der Waals surface area (Å²) >= 11 is 7.92. The Kier molecular flexibility index (Phi) is 6.34. The van der Waals surface area contributed by atoms with Gasteiger partial charge in [-0.25, -0.2) is 0 Å². The molecule has 1 unspecified atom stereocenters. The zero-order chi connectivity index (χ0) is 12.7. The van der Waals surface area contributed by atoms with Gasteiger partial charge in [0.2, 0.25) is 0 Å². The maximum Gasteiger partial charge on any atom is 0.0610 e. The van der Waals surface area contributed by atoms with Gasteiger partial charge in [0.1, 0.15) is 0 Å². The molecule has 1 aromatic carbocycles. The molecule has 0 saturated carbocycles. The number of aliphatic hydroxyl groups excluding tert-OH is 1. The minimum Gasteiger partial charge on any atom is -0.394 e. The summed E-state index contributed by atoms with van der Waals surface area (Å²) in [5.41, 5.74) is 1.00. The molecule has 17 heavy (non-hydrogen) atoms. The molecule has 1 aromatic rings. The van der Waals surface area contributed by atoms with Crippen LogP contribution >= 0.6 is 23.4 Å². The second kappa shape index (κ2) is 7.27. The maximum absolute atomic E-state index is 9.25. The number of hydrogen-bond acceptors (Lipinski definition) is 3. The van der Waals surface area contributed by atoms with Gasteiger partial charge in [0.25, 0.3) is 0 Å². The SMILES string of the molecule is CNC(C)(CO)CCSCc1ccccc1Cl. The van der Waals surface area contributed by atoms with Gasteiger partial charge in [0.15, 0.2) is 0 Å². The van der Waals surface area contributed by atoms with Crippen LogP contribution in [0.3, 0.4) is 0 Å². The number of halogens is 1. The summed E-state index contributed by atoms with van der Waals surface area (Å²) in [5, 5.41) is 13.2. The second-order valence-electron chi connectivity index (χ2n) is 4.36. The van der Waals surface area contributed by atoms with E-state index in [4.69, 9.17) is 11.6 Å². The maximum atomic E-state index is 9.25.